The van der Waals surface area contributed by atoms with Crippen LogP contribution in [0.5, 0.6) is 0 Å². The van der Waals surface area contributed by atoms with Crippen LogP contribution < -0.4 is 5.73 Å². The molecule has 0 saturated carbocycles. The number of alkyl halides is 3. The first-order chi connectivity index (χ1) is 12.0. The molecule has 0 radical (unpaired) electrons. The summed E-state index contributed by atoms with van der Waals surface area (Å²) >= 11 is 5.74. The molecule has 1 heterocycles. The zero-order valence-electron chi connectivity index (χ0n) is 13.6. The second-order valence-corrected chi connectivity index (χ2v) is 8.21. The molecular weight excluding hydrogens is 397 g/mol. The molecule has 0 spiro atoms. The number of hydrogen-bond donors (Lipinski definition) is 1. The fourth-order valence-electron chi connectivity index (χ4n) is 2.49. The van der Waals surface area contributed by atoms with E-state index in [1.165, 1.54) is 24.3 Å². The van der Waals surface area contributed by atoms with E-state index in [1.54, 1.807) is 0 Å². The smallest absolute Gasteiger partial charge is 0.377 e. The molecule has 1 aromatic rings. The molecule has 1 fully saturated rings. The van der Waals surface area contributed by atoms with Crippen LogP contribution in [0, 0.1) is 0 Å². The monoisotopic (exact) mass is 414 g/mol. The normalized spacial score (nSPS) is 19.2. The Morgan fingerprint density at radius 3 is 2.35 bits per heavy atom. The predicted octanol–water partition coefficient (Wildman–Crippen LogP) is 2.32. The van der Waals surface area contributed by atoms with Gasteiger partial charge in [0, 0.05) is 24.6 Å². The molecule has 1 saturated heterocycles. The quantitative estimate of drug-likeness (QED) is 0.706. The second-order valence-electron chi connectivity index (χ2n) is 5.88. The first kappa shape index (κ1) is 20.9. The lowest BCUT2D eigenvalue weighted by Gasteiger charge is -2.35. The average Bonchev–Trinajstić information content (AvgIpc) is 2.47. The number of carbonyl (C=O) groups is 1. The number of nitrogens with zero attached hydrogens (tertiary/aromatic N) is 1. The number of rotatable bonds is 8. The topological polar surface area (TPSA) is 89.7 Å². The maximum atomic E-state index is 12.9. The van der Waals surface area contributed by atoms with Gasteiger partial charge in [-0.15, -0.1) is 0 Å². The minimum atomic E-state index is -4.55. The fourth-order valence-corrected chi connectivity index (χ4v) is 4.28. The van der Waals surface area contributed by atoms with Gasteiger partial charge in [-0.25, -0.2) is 8.42 Å². The van der Waals surface area contributed by atoms with Gasteiger partial charge in [-0.05, 0) is 37.1 Å². The molecule has 1 aliphatic heterocycles. The Hall–Kier alpha value is -1.36. The van der Waals surface area contributed by atoms with E-state index in [0.717, 1.165) is 0 Å². The van der Waals surface area contributed by atoms with Crippen molar-refractivity contribution in [1.29, 1.82) is 0 Å². The lowest BCUT2D eigenvalue weighted by atomic mass is 10.1. The fraction of sp³-hybridized carbons (Fsp3) is 0.533. The number of sulfonamides is 1. The zero-order valence-corrected chi connectivity index (χ0v) is 15.1. The van der Waals surface area contributed by atoms with Crippen LogP contribution in [0.15, 0.2) is 29.2 Å². The number of amides is 1. The van der Waals surface area contributed by atoms with Crippen molar-refractivity contribution < 1.29 is 31.1 Å². The molecule has 0 bridgehead atoms. The van der Waals surface area contributed by atoms with Gasteiger partial charge in [-0.1, -0.05) is 11.6 Å². The second kappa shape index (κ2) is 8.12. The minimum absolute atomic E-state index is 0.195. The van der Waals surface area contributed by atoms with E-state index in [0.29, 0.717) is 22.4 Å². The minimum Gasteiger partial charge on any atom is -0.377 e. The van der Waals surface area contributed by atoms with Gasteiger partial charge in [0.1, 0.15) is 6.04 Å². The molecule has 2 N–H and O–H groups in total. The van der Waals surface area contributed by atoms with Gasteiger partial charge in [0.25, 0.3) is 0 Å². The van der Waals surface area contributed by atoms with Gasteiger partial charge in [0.15, 0.2) is 0 Å². The highest BCUT2D eigenvalue weighted by Gasteiger charge is 2.40. The van der Waals surface area contributed by atoms with E-state index in [9.17, 15) is 26.4 Å². The zero-order chi connectivity index (χ0) is 19.5. The lowest BCUT2D eigenvalue weighted by molar-refractivity contribution is -0.141. The lowest BCUT2D eigenvalue weighted by Crippen LogP contribution is -2.52. The van der Waals surface area contributed by atoms with Gasteiger partial charge in [0.05, 0.1) is 11.0 Å². The Kier molecular flexibility index (Phi) is 6.54. The predicted molar refractivity (Wildman–Crippen MR) is 88.0 cm³/mol. The Morgan fingerprint density at radius 1 is 1.35 bits per heavy atom. The molecule has 1 aliphatic rings. The third-order valence-electron chi connectivity index (χ3n) is 3.97. The summed E-state index contributed by atoms with van der Waals surface area (Å²) in [6.45, 7) is 0.166. The SMILES string of the molecule is NC(=O)[C@@H](CCC(F)(F)F)N(C[C@@H]1CCO1)S(=O)(=O)c1ccc(Cl)cc1. The third kappa shape index (κ3) is 5.32. The molecule has 1 amide bonds. The van der Waals surface area contributed by atoms with Crippen molar-refractivity contribution in [2.75, 3.05) is 13.2 Å². The van der Waals surface area contributed by atoms with Crippen molar-refractivity contribution in [3.63, 3.8) is 0 Å². The van der Waals surface area contributed by atoms with Crippen LogP contribution in [0.2, 0.25) is 5.02 Å². The first-order valence-corrected chi connectivity index (χ1v) is 9.57. The van der Waals surface area contributed by atoms with Crippen LogP contribution >= 0.6 is 11.6 Å². The van der Waals surface area contributed by atoms with E-state index in [2.05, 4.69) is 0 Å². The van der Waals surface area contributed by atoms with Crippen molar-refractivity contribution in [2.45, 2.75) is 42.5 Å². The van der Waals surface area contributed by atoms with E-state index in [1.807, 2.05) is 0 Å². The van der Waals surface area contributed by atoms with Crippen LogP contribution in [0.4, 0.5) is 13.2 Å². The number of hydrogen-bond acceptors (Lipinski definition) is 4. The van der Waals surface area contributed by atoms with Gasteiger partial charge < -0.3 is 10.5 Å². The van der Waals surface area contributed by atoms with Crippen molar-refractivity contribution in [3.8, 4) is 0 Å². The molecule has 0 unspecified atom stereocenters. The van der Waals surface area contributed by atoms with Crippen LogP contribution in [-0.4, -0.2) is 50.1 Å². The van der Waals surface area contributed by atoms with Crippen molar-refractivity contribution in [2.24, 2.45) is 5.73 Å². The number of halogens is 4. The van der Waals surface area contributed by atoms with Crippen molar-refractivity contribution >= 4 is 27.5 Å². The van der Waals surface area contributed by atoms with Crippen LogP contribution in [0.3, 0.4) is 0 Å². The Labute approximate surface area is 154 Å². The highest BCUT2D eigenvalue weighted by molar-refractivity contribution is 7.89. The number of ether oxygens (including phenoxy) is 1. The van der Waals surface area contributed by atoms with Crippen molar-refractivity contribution in [1.82, 2.24) is 4.31 Å². The Morgan fingerprint density at radius 2 is 1.92 bits per heavy atom. The van der Waals surface area contributed by atoms with Crippen LogP contribution in [0.25, 0.3) is 0 Å². The number of nitrogens with two attached hydrogens (primary N) is 1. The summed E-state index contributed by atoms with van der Waals surface area (Å²) < 4.78 is 69.5. The molecule has 6 nitrogen and oxygen atoms in total. The van der Waals surface area contributed by atoms with Gasteiger partial charge in [0.2, 0.25) is 15.9 Å². The summed E-state index contributed by atoms with van der Waals surface area (Å²) in [5, 5.41) is 0.293. The summed E-state index contributed by atoms with van der Waals surface area (Å²) in [5.41, 5.74) is 5.23. The van der Waals surface area contributed by atoms with E-state index < -0.39 is 47.1 Å². The molecular formula is C15H18ClF3N2O4S. The number of carbonyl (C=O) groups excluding carboxylic acids is 1. The third-order valence-corrected chi connectivity index (χ3v) is 6.12. The Bertz CT molecular complexity index is 736. The van der Waals surface area contributed by atoms with Gasteiger partial charge in [-0.3, -0.25) is 4.79 Å². The molecule has 11 heteroatoms. The summed E-state index contributed by atoms with van der Waals surface area (Å²) in [6, 6.07) is 3.46. The van der Waals surface area contributed by atoms with Gasteiger partial charge >= 0.3 is 6.18 Å². The van der Waals surface area contributed by atoms with E-state index in [4.69, 9.17) is 22.1 Å². The summed E-state index contributed by atoms with van der Waals surface area (Å²) in [5.74, 6) is -1.15. The summed E-state index contributed by atoms with van der Waals surface area (Å²) in [4.78, 5) is 11.6. The van der Waals surface area contributed by atoms with Crippen molar-refractivity contribution in [3.05, 3.63) is 29.3 Å². The van der Waals surface area contributed by atoms with Crippen LogP contribution in [0.1, 0.15) is 19.3 Å². The first-order valence-electron chi connectivity index (χ1n) is 7.76. The summed E-state index contributed by atoms with van der Waals surface area (Å²) in [7, 11) is -4.27. The average molecular weight is 415 g/mol. The molecule has 2 rings (SSSR count). The van der Waals surface area contributed by atoms with Crippen LogP contribution in [-0.2, 0) is 19.6 Å². The molecule has 1 aromatic carbocycles. The maximum Gasteiger partial charge on any atom is 0.389 e. The highest BCUT2D eigenvalue weighted by atomic mass is 35.5. The largest absolute Gasteiger partial charge is 0.389 e. The number of primary amides is 1. The molecule has 0 aliphatic carbocycles. The molecule has 0 aromatic heterocycles. The van der Waals surface area contributed by atoms with Gasteiger partial charge in [-0.2, -0.15) is 17.5 Å². The highest BCUT2D eigenvalue weighted by Crippen LogP contribution is 2.28. The summed E-state index contributed by atoms with van der Waals surface area (Å²) in [6.07, 6.45) is -6.60. The van der Waals surface area contributed by atoms with E-state index >= 15 is 0 Å². The molecule has 146 valence electrons. The number of benzene rings is 1. The van der Waals surface area contributed by atoms with E-state index in [-0.39, 0.29) is 11.4 Å². The molecule has 26 heavy (non-hydrogen) atoms. The maximum absolute atomic E-state index is 12.9. The standard InChI is InChI=1S/C15H18ClF3N2O4S/c16-10-1-3-12(4-2-10)26(23,24)21(9-11-6-8-25-11)13(14(20)22)5-7-15(17,18)19/h1-4,11,13H,5-9H2,(H2,20,22)/t11-,13+/m0/s1. The molecule has 2 atom stereocenters. The Balaban J connectivity index is 2.35.